The lowest BCUT2D eigenvalue weighted by Crippen LogP contribution is -2.45. The number of amides is 1. The highest BCUT2D eigenvalue weighted by Crippen LogP contribution is 2.43. The zero-order valence-electron chi connectivity index (χ0n) is 40.2. The SMILES string of the molecule is CCCCC/C=C\CCCCCCCC(=O)NC(COP(=O)(O)OCC[N+](C)(C)C)C(O)/C=C/CC/C=C/CCCCCCCCCCCCCCCCCCCCCC. The summed E-state index contributed by atoms with van der Waals surface area (Å²) in [5.41, 5.74) is 0. The molecule has 3 unspecified atom stereocenters. The Bertz CT molecular complexity index is 1070. The Hall–Kier alpha value is -1.28. The third-order valence-corrected chi connectivity index (χ3v) is 12.3. The average molecular weight is 868 g/mol. The van der Waals surface area contributed by atoms with Crippen LogP contribution in [0.4, 0.5) is 0 Å². The number of nitrogens with one attached hydrogen (secondary N) is 1. The number of aliphatic hydroxyl groups excluding tert-OH is 1. The molecule has 0 heterocycles. The molecule has 0 aliphatic rings. The Morgan fingerprint density at radius 1 is 0.550 bits per heavy atom. The minimum Gasteiger partial charge on any atom is -0.387 e. The van der Waals surface area contributed by atoms with Gasteiger partial charge in [0.05, 0.1) is 39.9 Å². The maximum atomic E-state index is 12.9. The van der Waals surface area contributed by atoms with Gasteiger partial charge in [-0.2, -0.15) is 0 Å². The summed E-state index contributed by atoms with van der Waals surface area (Å²) in [6, 6.07) is -0.866. The van der Waals surface area contributed by atoms with Gasteiger partial charge in [0.15, 0.2) is 0 Å². The summed E-state index contributed by atoms with van der Waals surface area (Å²) in [6.07, 6.45) is 53.9. The zero-order valence-corrected chi connectivity index (χ0v) is 41.1. The van der Waals surface area contributed by atoms with Crippen LogP contribution in [0.1, 0.15) is 232 Å². The third-order valence-electron chi connectivity index (χ3n) is 11.3. The highest BCUT2D eigenvalue weighted by Gasteiger charge is 2.27. The molecule has 0 spiro atoms. The van der Waals surface area contributed by atoms with E-state index in [1.54, 1.807) is 6.08 Å². The first kappa shape index (κ1) is 58.7. The number of aliphatic hydroxyl groups is 1. The van der Waals surface area contributed by atoms with Gasteiger partial charge in [0.1, 0.15) is 13.2 Å². The van der Waals surface area contributed by atoms with E-state index >= 15 is 0 Å². The normalized spacial score (nSPS) is 14.4. The number of phosphoric ester groups is 1. The summed E-state index contributed by atoms with van der Waals surface area (Å²) < 4.78 is 23.6. The van der Waals surface area contributed by atoms with Crippen molar-refractivity contribution < 1.29 is 32.9 Å². The van der Waals surface area contributed by atoms with Crippen LogP contribution < -0.4 is 5.32 Å². The summed E-state index contributed by atoms with van der Waals surface area (Å²) in [5.74, 6) is -0.197. The van der Waals surface area contributed by atoms with Crippen molar-refractivity contribution in [3.05, 3.63) is 36.5 Å². The van der Waals surface area contributed by atoms with Crippen LogP contribution in [-0.4, -0.2) is 73.4 Å². The second kappa shape index (κ2) is 43.0. The fourth-order valence-electron chi connectivity index (χ4n) is 7.29. The fraction of sp³-hybridized carbons (Fsp3) is 0.863. The molecule has 0 aromatic rings. The zero-order chi connectivity index (χ0) is 44.3. The van der Waals surface area contributed by atoms with Crippen LogP contribution in [-0.2, 0) is 18.4 Å². The van der Waals surface area contributed by atoms with Crippen LogP contribution in [0.25, 0.3) is 0 Å². The Kier molecular flexibility index (Phi) is 42.1. The van der Waals surface area contributed by atoms with Gasteiger partial charge < -0.3 is 19.8 Å². The molecular weight excluding hydrogens is 768 g/mol. The lowest BCUT2D eigenvalue weighted by molar-refractivity contribution is -0.870. The predicted molar refractivity (Wildman–Crippen MR) is 258 cm³/mol. The Morgan fingerprint density at radius 3 is 1.37 bits per heavy atom. The smallest absolute Gasteiger partial charge is 0.387 e. The van der Waals surface area contributed by atoms with Crippen LogP contribution in [0.3, 0.4) is 0 Å². The number of hydrogen-bond donors (Lipinski definition) is 3. The Balaban J connectivity index is 4.26. The largest absolute Gasteiger partial charge is 0.472 e. The fourth-order valence-corrected chi connectivity index (χ4v) is 8.02. The van der Waals surface area contributed by atoms with Crippen molar-refractivity contribution >= 4 is 13.7 Å². The molecule has 8 nitrogen and oxygen atoms in total. The van der Waals surface area contributed by atoms with Crippen LogP contribution in [0.5, 0.6) is 0 Å². The highest BCUT2D eigenvalue weighted by atomic mass is 31.2. The number of carbonyl (C=O) groups is 1. The Labute approximate surface area is 372 Å². The molecule has 0 saturated heterocycles. The number of quaternary nitrogens is 1. The molecular formula is C51H100N2O6P+. The van der Waals surface area contributed by atoms with E-state index in [0.717, 1.165) is 51.4 Å². The molecule has 1 amide bonds. The van der Waals surface area contributed by atoms with Gasteiger partial charge in [-0.25, -0.2) is 4.57 Å². The molecule has 60 heavy (non-hydrogen) atoms. The minimum absolute atomic E-state index is 0.0547. The van der Waals surface area contributed by atoms with E-state index in [1.807, 2.05) is 27.2 Å². The van der Waals surface area contributed by atoms with E-state index in [2.05, 4.69) is 43.5 Å². The quantitative estimate of drug-likeness (QED) is 0.0244. The molecule has 0 aliphatic heterocycles. The molecule has 0 saturated carbocycles. The van der Waals surface area contributed by atoms with Gasteiger partial charge in [-0.15, -0.1) is 0 Å². The number of allylic oxidation sites excluding steroid dienone is 5. The van der Waals surface area contributed by atoms with E-state index in [-0.39, 0.29) is 19.1 Å². The van der Waals surface area contributed by atoms with Crippen LogP contribution >= 0.6 is 7.82 Å². The summed E-state index contributed by atoms with van der Waals surface area (Å²) in [4.78, 5) is 23.1. The lowest BCUT2D eigenvalue weighted by Gasteiger charge is -2.25. The summed E-state index contributed by atoms with van der Waals surface area (Å²) in [5, 5.41) is 13.8. The van der Waals surface area contributed by atoms with Crippen molar-refractivity contribution in [1.29, 1.82) is 0 Å². The minimum atomic E-state index is -4.35. The van der Waals surface area contributed by atoms with Gasteiger partial charge in [0, 0.05) is 6.42 Å². The van der Waals surface area contributed by atoms with Crippen molar-refractivity contribution in [3.8, 4) is 0 Å². The van der Waals surface area contributed by atoms with E-state index in [9.17, 15) is 19.4 Å². The maximum Gasteiger partial charge on any atom is 0.472 e. The van der Waals surface area contributed by atoms with Crippen molar-refractivity contribution in [3.63, 3.8) is 0 Å². The number of hydrogen-bond acceptors (Lipinski definition) is 5. The molecule has 0 rings (SSSR count). The van der Waals surface area contributed by atoms with Crippen LogP contribution in [0.2, 0.25) is 0 Å². The first-order chi connectivity index (χ1) is 29.0. The number of unbranched alkanes of at least 4 members (excludes halogenated alkanes) is 29. The molecule has 0 aromatic heterocycles. The number of carbonyl (C=O) groups excluding carboxylic acids is 1. The molecule has 0 aliphatic carbocycles. The molecule has 354 valence electrons. The van der Waals surface area contributed by atoms with Gasteiger partial charge in [-0.1, -0.05) is 204 Å². The molecule has 3 atom stereocenters. The predicted octanol–water partition coefficient (Wildman–Crippen LogP) is 14.6. The lowest BCUT2D eigenvalue weighted by atomic mass is 10.0. The van der Waals surface area contributed by atoms with Gasteiger partial charge in [0.25, 0.3) is 0 Å². The monoisotopic (exact) mass is 868 g/mol. The molecule has 0 bridgehead atoms. The standard InChI is InChI=1S/C51H99N2O6P/c1-6-8-10-12-14-16-18-20-21-22-23-24-25-26-27-28-29-30-31-32-33-34-36-38-40-42-44-50(54)49(48-59-60(56,57)58-47-46-53(3,4)5)52-51(55)45-43-41-39-37-35-19-17-15-13-11-9-7-2/h15,17,34,36,42,44,49-50,54H,6-14,16,18-33,35,37-41,43,45-48H2,1-5H3,(H-,52,55,56,57)/p+1/b17-15-,36-34+,44-42+. The first-order valence-electron chi connectivity index (χ1n) is 25.4. The van der Waals surface area contributed by atoms with Crippen molar-refractivity contribution in [2.75, 3.05) is 40.9 Å². The maximum absolute atomic E-state index is 12.9. The van der Waals surface area contributed by atoms with Crippen LogP contribution in [0, 0.1) is 0 Å². The number of rotatable bonds is 46. The van der Waals surface area contributed by atoms with Gasteiger partial charge in [-0.05, 0) is 57.8 Å². The topological polar surface area (TPSA) is 105 Å². The Morgan fingerprint density at radius 2 is 0.917 bits per heavy atom. The van der Waals surface area contributed by atoms with E-state index in [0.29, 0.717) is 17.4 Å². The van der Waals surface area contributed by atoms with E-state index in [4.69, 9.17) is 9.05 Å². The van der Waals surface area contributed by atoms with Crippen molar-refractivity contribution in [2.45, 2.75) is 244 Å². The molecule has 0 aromatic carbocycles. The van der Waals surface area contributed by atoms with E-state index < -0.39 is 20.0 Å². The van der Waals surface area contributed by atoms with Crippen molar-refractivity contribution in [1.82, 2.24) is 5.32 Å². The second-order valence-electron chi connectivity index (χ2n) is 18.5. The van der Waals surface area contributed by atoms with Gasteiger partial charge in [0.2, 0.25) is 5.91 Å². The number of nitrogens with zero attached hydrogens (tertiary/aromatic N) is 1. The van der Waals surface area contributed by atoms with E-state index in [1.165, 1.54) is 161 Å². The molecule has 0 fully saturated rings. The first-order valence-corrected chi connectivity index (χ1v) is 26.9. The molecule has 9 heteroatoms. The second-order valence-corrected chi connectivity index (χ2v) is 20.0. The highest BCUT2D eigenvalue weighted by molar-refractivity contribution is 7.47. The van der Waals surface area contributed by atoms with Crippen LogP contribution in [0.15, 0.2) is 36.5 Å². The summed E-state index contributed by atoms with van der Waals surface area (Å²) >= 11 is 0. The molecule has 3 N–H and O–H groups in total. The number of likely N-dealkylation sites (N-methyl/N-ethyl adjacent to an activating group) is 1. The van der Waals surface area contributed by atoms with Crippen molar-refractivity contribution in [2.24, 2.45) is 0 Å². The van der Waals surface area contributed by atoms with Gasteiger partial charge in [-0.3, -0.25) is 13.8 Å². The number of phosphoric acid groups is 1. The summed E-state index contributed by atoms with van der Waals surface area (Å²) in [6.45, 7) is 4.77. The van der Waals surface area contributed by atoms with Gasteiger partial charge >= 0.3 is 7.82 Å². The third kappa shape index (κ3) is 44.8. The summed E-state index contributed by atoms with van der Waals surface area (Å²) in [7, 11) is 1.55. The molecule has 0 radical (unpaired) electrons. The average Bonchev–Trinajstić information content (AvgIpc) is 3.20.